The number of aromatic nitrogens is 3. The predicted molar refractivity (Wildman–Crippen MR) is 107 cm³/mol. The van der Waals surface area contributed by atoms with Gasteiger partial charge in [-0.25, -0.2) is 9.50 Å². The molecule has 0 bridgehead atoms. The molecule has 4 rings (SSSR count). The first kappa shape index (κ1) is 20.1. The van der Waals surface area contributed by atoms with Crippen LogP contribution < -0.4 is 10.8 Å². The van der Waals surface area contributed by atoms with Gasteiger partial charge in [0.25, 0.3) is 0 Å². The first-order valence-corrected chi connectivity index (χ1v) is 8.93. The van der Waals surface area contributed by atoms with Crippen LogP contribution in [0.3, 0.4) is 0 Å². The van der Waals surface area contributed by atoms with E-state index in [0.717, 1.165) is 24.0 Å². The number of hydrogen-bond acceptors (Lipinski definition) is 5. The van der Waals surface area contributed by atoms with E-state index in [0.29, 0.717) is 22.2 Å². The number of carboxylic acid groups (broad SMARTS) is 1. The summed E-state index contributed by atoms with van der Waals surface area (Å²) in [4.78, 5) is 27.6. The van der Waals surface area contributed by atoms with Gasteiger partial charge in [0, 0.05) is 17.0 Å². The van der Waals surface area contributed by atoms with Gasteiger partial charge in [-0.1, -0.05) is 17.7 Å². The number of benzene rings is 1. The molecule has 1 aromatic carbocycles. The molecular weight excluding hydrogens is 405 g/mol. The molecule has 0 spiro atoms. The third-order valence-electron chi connectivity index (χ3n) is 4.64. The number of nitrogens with zero attached hydrogens (tertiary/aromatic N) is 3. The van der Waals surface area contributed by atoms with Crippen molar-refractivity contribution in [3.63, 3.8) is 0 Å². The SMILES string of the molecule is Cl.O=C(O)CCC(O)=c1c(=O)cc(-c2cc(Cl)cc(C3CC3)c2)c2ncnn12. The fourth-order valence-corrected chi connectivity index (χ4v) is 3.44. The zero-order valence-corrected chi connectivity index (χ0v) is 16.2. The normalized spacial score (nSPS) is 14.6. The number of aliphatic carboxylic acids is 1. The quantitative estimate of drug-likeness (QED) is 0.655. The Bertz CT molecular complexity index is 1170. The maximum absolute atomic E-state index is 12.7. The number of hydrogen-bond donors (Lipinski definition) is 2. The summed E-state index contributed by atoms with van der Waals surface area (Å²) >= 11 is 6.27. The number of carboxylic acids is 1. The molecule has 146 valence electrons. The zero-order chi connectivity index (χ0) is 19.1. The lowest BCUT2D eigenvalue weighted by molar-refractivity contribution is -0.136. The summed E-state index contributed by atoms with van der Waals surface area (Å²) in [5, 5.41) is 23.6. The van der Waals surface area contributed by atoms with Crippen molar-refractivity contribution in [2.45, 2.75) is 31.6 Å². The summed E-state index contributed by atoms with van der Waals surface area (Å²) in [7, 11) is 0. The molecule has 7 nitrogen and oxygen atoms in total. The van der Waals surface area contributed by atoms with Crippen molar-refractivity contribution in [1.82, 2.24) is 14.6 Å². The Balaban J connectivity index is 0.00000225. The van der Waals surface area contributed by atoms with Gasteiger partial charge >= 0.3 is 5.97 Å². The van der Waals surface area contributed by atoms with Crippen LogP contribution in [0.5, 0.6) is 0 Å². The van der Waals surface area contributed by atoms with Crippen LogP contribution in [-0.4, -0.2) is 30.8 Å². The van der Waals surface area contributed by atoms with E-state index in [-0.39, 0.29) is 36.4 Å². The standard InChI is InChI=1S/C19H16ClN3O4.ClH/c20-13-6-11(10-1-2-10)5-12(7-13)14-8-16(25)18(15(24)3-4-17(26)27)23-19(14)21-9-22-23;/h5-10,24H,1-4H2,(H,26,27);1H. The van der Waals surface area contributed by atoms with Crippen molar-refractivity contribution in [2.75, 3.05) is 0 Å². The van der Waals surface area contributed by atoms with Gasteiger partial charge in [0.1, 0.15) is 12.1 Å². The van der Waals surface area contributed by atoms with Gasteiger partial charge in [-0.3, -0.25) is 9.59 Å². The predicted octanol–water partition coefficient (Wildman–Crippen LogP) is 2.96. The Labute approximate surface area is 170 Å². The highest BCUT2D eigenvalue weighted by Gasteiger charge is 2.24. The molecule has 0 atom stereocenters. The maximum Gasteiger partial charge on any atom is 0.303 e. The van der Waals surface area contributed by atoms with E-state index in [9.17, 15) is 14.7 Å². The average Bonchev–Trinajstić information content (AvgIpc) is 3.36. The van der Waals surface area contributed by atoms with Crippen molar-refractivity contribution < 1.29 is 15.0 Å². The van der Waals surface area contributed by atoms with Crippen molar-refractivity contribution in [3.8, 4) is 11.1 Å². The number of aliphatic hydroxyl groups excluding tert-OH is 1. The second kappa shape index (κ2) is 7.77. The van der Waals surface area contributed by atoms with Crippen molar-refractivity contribution in [3.05, 3.63) is 56.8 Å². The van der Waals surface area contributed by atoms with Crippen molar-refractivity contribution in [1.29, 1.82) is 0 Å². The molecule has 0 amide bonds. The van der Waals surface area contributed by atoms with Crippen molar-refractivity contribution in [2.24, 2.45) is 0 Å². The monoisotopic (exact) mass is 421 g/mol. The lowest BCUT2D eigenvalue weighted by Gasteiger charge is -2.08. The molecule has 2 aromatic heterocycles. The maximum atomic E-state index is 12.7. The summed E-state index contributed by atoms with van der Waals surface area (Å²) in [6.07, 6.45) is 3.08. The molecule has 1 fully saturated rings. The van der Waals surface area contributed by atoms with Crippen molar-refractivity contribution >= 4 is 41.4 Å². The molecule has 0 unspecified atom stereocenters. The van der Waals surface area contributed by atoms with Gasteiger partial charge in [0.2, 0.25) is 5.43 Å². The van der Waals surface area contributed by atoms with Gasteiger partial charge < -0.3 is 10.2 Å². The third kappa shape index (κ3) is 3.81. The fourth-order valence-electron chi connectivity index (χ4n) is 3.20. The minimum Gasteiger partial charge on any atom is -0.510 e. The van der Waals surface area contributed by atoms with Gasteiger partial charge in [-0.05, 0) is 48.1 Å². The van der Waals surface area contributed by atoms with E-state index < -0.39 is 11.4 Å². The van der Waals surface area contributed by atoms with Crippen LogP contribution in [0.25, 0.3) is 22.5 Å². The number of rotatable bonds is 5. The Morgan fingerprint density at radius 2 is 1.93 bits per heavy atom. The van der Waals surface area contributed by atoms with Crippen LogP contribution in [0.1, 0.15) is 37.2 Å². The number of carbonyl (C=O) groups is 1. The highest BCUT2D eigenvalue weighted by atomic mass is 35.5. The first-order chi connectivity index (χ1) is 12.9. The largest absolute Gasteiger partial charge is 0.510 e. The van der Waals surface area contributed by atoms with Crippen LogP contribution in [-0.2, 0) is 4.79 Å². The number of halogens is 2. The Morgan fingerprint density at radius 3 is 2.61 bits per heavy atom. The molecule has 1 aliphatic rings. The zero-order valence-electron chi connectivity index (χ0n) is 14.6. The van der Waals surface area contributed by atoms with E-state index in [1.54, 1.807) is 6.07 Å². The van der Waals surface area contributed by atoms with Crippen LogP contribution in [0.2, 0.25) is 5.02 Å². The van der Waals surface area contributed by atoms with E-state index >= 15 is 0 Å². The van der Waals surface area contributed by atoms with E-state index in [1.165, 1.54) is 16.9 Å². The number of fused-ring (bicyclic) bond motifs is 1. The molecule has 2 heterocycles. The van der Waals surface area contributed by atoms with Crippen LogP contribution in [0, 0.1) is 0 Å². The van der Waals surface area contributed by atoms with E-state index in [4.69, 9.17) is 16.7 Å². The number of aliphatic hydroxyl groups is 1. The third-order valence-corrected chi connectivity index (χ3v) is 4.86. The van der Waals surface area contributed by atoms with E-state index in [1.807, 2.05) is 12.1 Å². The second-order valence-electron chi connectivity index (χ2n) is 6.65. The summed E-state index contributed by atoms with van der Waals surface area (Å²) < 4.78 is 1.26. The molecule has 2 N–H and O–H groups in total. The Kier molecular flexibility index (Phi) is 5.58. The average molecular weight is 422 g/mol. The van der Waals surface area contributed by atoms with Gasteiger partial charge in [-0.2, -0.15) is 5.10 Å². The molecular formula is C19H17Cl2N3O4. The molecule has 28 heavy (non-hydrogen) atoms. The first-order valence-electron chi connectivity index (χ1n) is 8.55. The minimum atomic E-state index is -1.06. The highest BCUT2D eigenvalue weighted by molar-refractivity contribution is 6.31. The lowest BCUT2D eigenvalue weighted by Crippen LogP contribution is -2.34. The number of pyridine rings is 1. The molecule has 0 aliphatic heterocycles. The Morgan fingerprint density at radius 1 is 1.18 bits per heavy atom. The van der Waals surface area contributed by atoms with Gasteiger partial charge in [0.15, 0.2) is 11.0 Å². The van der Waals surface area contributed by atoms with Gasteiger partial charge in [0.05, 0.1) is 6.42 Å². The summed E-state index contributed by atoms with van der Waals surface area (Å²) in [6.45, 7) is 0. The fraction of sp³-hybridized carbons (Fsp3) is 0.263. The van der Waals surface area contributed by atoms with Crippen LogP contribution >= 0.6 is 24.0 Å². The summed E-state index contributed by atoms with van der Waals surface area (Å²) in [6, 6.07) is 7.09. The lowest BCUT2D eigenvalue weighted by atomic mass is 10.0. The minimum absolute atomic E-state index is 0. The summed E-state index contributed by atoms with van der Waals surface area (Å²) in [5.41, 5.74) is 2.39. The molecule has 0 saturated heterocycles. The van der Waals surface area contributed by atoms with Gasteiger partial charge in [-0.15, -0.1) is 12.4 Å². The second-order valence-corrected chi connectivity index (χ2v) is 7.09. The molecule has 3 aromatic rings. The topological polar surface area (TPSA) is 105 Å². The van der Waals surface area contributed by atoms with Crippen LogP contribution in [0.4, 0.5) is 0 Å². The highest BCUT2D eigenvalue weighted by Crippen LogP contribution is 2.42. The molecule has 1 aliphatic carbocycles. The molecule has 0 radical (unpaired) electrons. The smallest absolute Gasteiger partial charge is 0.303 e. The van der Waals surface area contributed by atoms with Crippen LogP contribution in [0.15, 0.2) is 35.4 Å². The molecule has 9 heteroatoms. The van der Waals surface area contributed by atoms with E-state index in [2.05, 4.69) is 10.1 Å². The Hall–Kier alpha value is -2.64. The molecule has 1 saturated carbocycles. The summed E-state index contributed by atoms with van der Waals surface area (Å²) in [5.74, 6) is -0.892.